The number of carbonyl (C=O) groups excluding carboxylic acids is 2. The van der Waals surface area contributed by atoms with Gasteiger partial charge in [0.25, 0.3) is 11.8 Å². The Hall–Kier alpha value is -3.96. The molecule has 1 fully saturated rings. The van der Waals surface area contributed by atoms with E-state index in [-0.39, 0.29) is 46.8 Å². The van der Waals surface area contributed by atoms with Crippen LogP contribution in [-0.2, 0) is 0 Å². The van der Waals surface area contributed by atoms with Crippen molar-refractivity contribution in [2.75, 3.05) is 51.4 Å². The molecule has 9 nitrogen and oxygen atoms in total. The summed E-state index contributed by atoms with van der Waals surface area (Å²) in [4.78, 5) is 30.2. The van der Waals surface area contributed by atoms with Crippen molar-refractivity contribution in [3.63, 3.8) is 0 Å². The van der Waals surface area contributed by atoms with Gasteiger partial charge < -0.3 is 30.6 Å². The van der Waals surface area contributed by atoms with Crippen molar-refractivity contribution in [1.82, 2.24) is 24.9 Å². The zero-order valence-electron chi connectivity index (χ0n) is 22.5. The van der Waals surface area contributed by atoms with Crippen molar-refractivity contribution in [2.45, 2.75) is 29.2 Å². The fraction of sp³-hybridized carbons (Fsp3) is 0.370. The van der Waals surface area contributed by atoms with Gasteiger partial charge in [0, 0.05) is 45.1 Å². The highest BCUT2D eigenvalue weighted by atomic mass is 32.2. The Labute approximate surface area is 238 Å². The van der Waals surface area contributed by atoms with Crippen LogP contribution < -0.4 is 21.3 Å². The average molecular weight is 592 g/mol. The maximum atomic E-state index is 14.7. The summed E-state index contributed by atoms with van der Waals surface area (Å²) in [6, 6.07) is 7.31. The van der Waals surface area contributed by atoms with Gasteiger partial charge >= 0.3 is 5.51 Å². The molecule has 0 aromatic carbocycles. The van der Waals surface area contributed by atoms with E-state index in [9.17, 15) is 27.2 Å². The van der Waals surface area contributed by atoms with E-state index < -0.39 is 29.5 Å². The fourth-order valence-corrected chi connectivity index (χ4v) is 5.14. The van der Waals surface area contributed by atoms with Crippen LogP contribution >= 0.6 is 11.8 Å². The highest BCUT2D eigenvalue weighted by Crippen LogP contribution is 2.40. The Balaban J connectivity index is 1.62. The molecule has 1 saturated heterocycles. The minimum Gasteiger partial charge on any atom is -0.378 e. The number of aromatic nitrogens is 2. The maximum Gasteiger partial charge on any atom is 0.447 e. The summed E-state index contributed by atoms with van der Waals surface area (Å²) < 4.78 is 56.6. The molecule has 0 spiro atoms. The molecule has 4 N–H and O–H groups in total. The van der Waals surface area contributed by atoms with Crippen LogP contribution in [0.25, 0.3) is 5.52 Å². The molecule has 2 atom stereocenters. The number of carbonyl (C=O) groups is 2. The number of nitrogens with one attached hydrogen (secondary N) is 4. The number of rotatable bonds is 7. The third-order valence-corrected chi connectivity index (χ3v) is 7.29. The molecule has 0 bridgehead atoms. The van der Waals surface area contributed by atoms with Gasteiger partial charge in [-0.1, -0.05) is 11.8 Å². The van der Waals surface area contributed by atoms with E-state index in [1.807, 2.05) is 11.9 Å². The number of nitrogens with zero attached hydrogens (tertiary/aromatic N) is 3. The third-order valence-electron chi connectivity index (χ3n) is 6.45. The van der Waals surface area contributed by atoms with Crippen molar-refractivity contribution in [3.05, 3.63) is 53.5 Å². The van der Waals surface area contributed by atoms with Gasteiger partial charge in [-0.15, -0.1) is 0 Å². The maximum absolute atomic E-state index is 14.7. The first-order valence-electron chi connectivity index (χ1n) is 12.7. The Kier molecular flexibility index (Phi) is 9.29. The summed E-state index contributed by atoms with van der Waals surface area (Å²) in [5.74, 6) is 4.60. The lowest BCUT2D eigenvalue weighted by molar-refractivity contribution is -0.0330. The van der Waals surface area contributed by atoms with Gasteiger partial charge in [-0.2, -0.15) is 13.2 Å². The van der Waals surface area contributed by atoms with E-state index in [0.717, 1.165) is 0 Å². The van der Waals surface area contributed by atoms with Gasteiger partial charge in [0.1, 0.15) is 16.9 Å². The summed E-state index contributed by atoms with van der Waals surface area (Å²) in [5.41, 5.74) is -3.16. The molecule has 3 aromatic rings. The van der Waals surface area contributed by atoms with E-state index in [1.165, 1.54) is 36.8 Å². The van der Waals surface area contributed by atoms with Crippen LogP contribution in [-0.4, -0.2) is 84.6 Å². The molecular weight excluding hydrogens is 562 g/mol. The van der Waals surface area contributed by atoms with Gasteiger partial charge in [0.2, 0.25) is 0 Å². The smallest absolute Gasteiger partial charge is 0.378 e. The third kappa shape index (κ3) is 7.22. The highest BCUT2D eigenvalue weighted by molar-refractivity contribution is 8.00. The number of anilines is 2. The second kappa shape index (κ2) is 12.7. The van der Waals surface area contributed by atoms with Gasteiger partial charge in [-0.3, -0.25) is 9.59 Å². The normalized spacial score (nSPS) is 17.4. The Morgan fingerprint density at radius 1 is 1.15 bits per heavy atom. The molecule has 4 rings (SSSR count). The first-order chi connectivity index (χ1) is 19.5. The van der Waals surface area contributed by atoms with Crippen LogP contribution in [0, 0.1) is 11.8 Å². The average Bonchev–Trinajstić information content (AvgIpc) is 3.28. The van der Waals surface area contributed by atoms with E-state index in [1.54, 1.807) is 18.2 Å². The SMILES string of the molecule is CNC(=O)c1ccc(NCC#Cc2cc3c(N[C@@H]4CCN(C)C[C@@H]4F)cccn3c2SC(F)(F)F)c(C(=O)NC)n1. The number of thioether (sulfide) groups is 1. The number of fused-ring (bicyclic) bond motifs is 1. The second-order valence-electron chi connectivity index (χ2n) is 9.31. The predicted molar refractivity (Wildman–Crippen MR) is 150 cm³/mol. The molecule has 0 radical (unpaired) electrons. The van der Waals surface area contributed by atoms with Crippen LogP contribution in [0.15, 0.2) is 41.6 Å². The topological polar surface area (TPSA) is 103 Å². The molecule has 0 aliphatic carbocycles. The Morgan fingerprint density at radius 2 is 1.90 bits per heavy atom. The summed E-state index contributed by atoms with van der Waals surface area (Å²) in [6.45, 7) is 0.941. The number of amides is 2. The molecule has 3 aromatic heterocycles. The molecule has 4 heterocycles. The molecule has 1 aliphatic rings. The monoisotopic (exact) mass is 591 g/mol. The minimum absolute atomic E-state index is 0.0302. The van der Waals surface area contributed by atoms with Crippen LogP contribution in [0.1, 0.15) is 33.0 Å². The predicted octanol–water partition coefficient (Wildman–Crippen LogP) is 3.58. The molecule has 1 aliphatic heterocycles. The molecule has 2 amide bonds. The van der Waals surface area contributed by atoms with Crippen molar-refractivity contribution >= 4 is 40.5 Å². The lowest BCUT2D eigenvalue weighted by Gasteiger charge is -2.33. The summed E-state index contributed by atoms with van der Waals surface area (Å²) in [5, 5.41) is 10.9. The molecular formula is C27H29F4N7O2S. The number of hydrogen-bond donors (Lipinski definition) is 4. The highest BCUT2D eigenvalue weighted by Gasteiger charge is 2.33. The number of hydrogen-bond acceptors (Lipinski definition) is 7. The summed E-state index contributed by atoms with van der Waals surface area (Å²) in [6.07, 6.45) is 0.936. The van der Waals surface area contributed by atoms with Gasteiger partial charge in [-0.25, -0.2) is 9.37 Å². The van der Waals surface area contributed by atoms with Crippen LogP contribution in [0.5, 0.6) is 0 Å². The lowest BCUT2D eigenvalue weighted by atomic mass is 10.0. The fourth-order valence-electron chi connectivity index (χ4n) is 4.44. The van der Waals surface area contributed by atoms with Gasteiger partial charge in [0.05, 0.1) is 35.0 Å². The number of piperidine rings is 1. The largest absolute Gasteiger partial charge is 0.447 e. The quantitative estimate of drug-likeness (QED) is 0.189. The zero-order valence-corrected chi connectivity index (χ0v) is 23.3. The van der Waals surface area contributed by atoms with E-state index in [2.05, 4.69) is 38.1 Å². The number of pyridine rings is 2. The minimum atomic E-state index is -4.56. The standard InChI is InChI=1S/C27H29F4N7O2S/c1-32-24(39)21-9-8-20(23(36-21)25(40)33-2)34-11-4-6-16-14-22-19(35-18-10-13-37(3)15-17(18)28)7-5-12-38(22)26(16)41-27(29,30)31/h5,7-9,12,14,17-18,34-35H,10-11,13,15H2,1-3H3,(H,32,39)(H,33,40)/t17-,18+/m0/s1. The van der Waals surface area contributed by atoms with E-state index in [0.29, 0.717) is 29.9 Å². The molecule has 218 valence electrons. The Morgan fingerprint density at radius 3 is 2.59 bits per heavy atom. The van der Waals surface area contributed by atoms with Gasteiger partial charge in [-0.05, 0) is 43.8 Å². The van der Waals surface area contributed by atoms with Crippen molar-refractivity contribution in [1.29, 1.82) is 0 Å². The molecule has 41 heavy (non-hydrogen) atoms. The first-order valence-corrected chi connectivity index (χ1v) is 13.5. The van der Waals surface area contributed by atoms with Crippen LogP contribution in [0.3, 0.4) is 0 Å². The van der Waals surface area contributed by atoms with Crippen LogP contribution in [0.4, 0.5) is 28.9 Å². The second-order valence-corrected chi connectivity index (χ2v) is 10.4. The van der Waals surface area contributed by atoms with Crippen LogP contribution in [0.2, 0.25) is 0 Å². The summed E-state index contributed by atoms with van der Waals surface area (Å²) in [7, 11) is 4.70. The lowest BCUT2D eigenvalue weighted by Crippen LogP contribution is -2.46. The van der Waals surface area contributed by atoms with Crippen molar-refractivity contribution < 1.29 is 27.2 Å². The van der Waals surface area contributed by atoms with E-state index >= 15 is 0 Å². The van der Waals surface area contributed by atoms with Crippen molar-refractivity contribution in [3.8, 4) is 11.8 Å². The number of likely N-dealkylation sites (tertiary alicyclic amines) is 1. The molecule has 0 saturated carbocycles. The van der Waals surface area contributed by atoms with Crippen molar-refractivity contribution in [2.24, 2.45) is 0 Å². The zero-order chi connectivity index (χ0) is 29.7. The Bertz CT molecular complexity index is 1500. The molecule has 0 unspecified atom stereocenters. The number of halogens is 4. The molecule has 14 heteroatoms. The van der Waals surface area contributed by atoms with Gasteiger partial charge in [0.15, 0.2) is 5.69 Å². The summed E-state index contributed by atoms with van der Waals surface area (Å²) >= 11 is -0.280. The number of alkyl halides is 4. The van der Waals surface area contributed by atoms with E-state index in [4.69, 9.17) is 0 Å². The first kappa shape index (κ1) is 30.0.